The molecule has 1 aromatic carbocycles. The molecule has 288 valence electrons. The number of benzene rings is 1. The molecular formula is C44H68N4O4. The van der Waals surface area contributed by atoms with Crippen LogP contribution in [0.2, 0.25) is 0 Å². The van der Waals surface area contributed by atoms with E-state index in [2.05, 4.69) is 92.3 Å². The Balaban J connectivity index is 0.000000347. The van der Waals surface area contributed by atoms with Gasteiger partial charge < -0.3 is 20.0 Å². The Kier molecular flexibility index (Phi) is 21.3. The van der Waals surface area contributed by atoms with Crippen molar-refractivity contribution in [2.45, 2.75) is 106 Å². The van der Waals surface area contributed by atoms with Gasteiger partial charge in [-0.05, 0) is 116 Å². The summed E-state index contributed by atoms with van der Waals surface area (Å²) in [6.07, 6.45) is 9.90. The zero-order valence-electron chi connectivity index (χ0n) is 33.7. The largest absolute Gasteiger partial charge is 0.339 e. The first-order valence-electron chi connectivity index (χ1n) is 19.2. The van der Waals surface area contributed by atoms with E-state index >= 15 is 0 Å². The number of nitrogens with one attached hydrogen (secondary N) is 1. The highest BCUT2D eigenvalue weighted by molar-refractivity contribution is 5.98. The molecule has 3 aliphatic heterocycles. The number of likely N-dealkylation sites (tertiary alicyclic amines) is 3. The maximum absolute atomic E-state index is 11.5. The molecule has 0 radical (unpaired) electrons. The summed E-state index contributed by atoms with van der Waals surface area (Å²) in [6, 6.07) is 8.25. The standard InChI is InChI=1S/C12H15NO.C11H19NO.C11H17NO.C10H17NO/c1-4-12(14)13-11-7-5-6-10(8-11)9(2)3;1-4-11(13)12-7-5-6-10(8-12)9(2)3;1-4-6-11(13)12-8-5-7-10(12)9(2)3;1-4-10(12)11-6-5-9(7-11)8(2)3/h4-9H,1H2,2-3H3,(H,13,14);4,9-10H,1,5-8H2,2-3H3;9-10H,5,7-8H2,1-3H3;4,8-9H,1,5-7H2,2-3H3. The summed E-state index contributed by atoms with van der Waals surface area (Å²) in [5.74, 6) is 9.02. The molecule has 0 aromatic heterocycles. The van der Waals surface area contributed by atoms with E-state index in [0.717, 1.165) is 64.1 Å². The Morgan fingerprint density at radius 2 is 1.31 bits per heavy atom. The third-order valence-corrected chi connectivity index (χ3v) is 10.1. The van der Waals surface area contributed by atoms with Crippen LogP contribution in [0.4, 0.5) is 5.69 Å². The van der Waals surface area contributed by atoms with Gasteiger partial charge in [0.1, 0.15) is 0 Å². The summed E-state index contributed by atoms with van der Waals surface area (Å²) in [7, 11) is 0. The predicted octanol–water partition coefficient (Wildman–Crippen LogP) is 8.34. The maximum Gasteiger partial charge on any atom is 0.298 e. The van der Waals surface area contributed by atoms with Crippen LogP contribution in [0, 0.1) is 41.4 Å². The van der Waals surface area contributed by atoms with Gasteiger partial charge in [0.05, 0.1) is 0 Å². The van der Waals surface area contributed by atoms with Crippen molar-refractivity contribution in [1.29, 1.82) is 0 Å². The van der Waals surface area contributed by atoms with Gasteiger partial charge in [-0.2, -0.15) is 0 Å². The van der Waals surface area contributed by atoms with Crippen molar-refractivity contribution >= 4 is 29.3 Å². The second-order valence-electron chi connectivity index (χ2n) is 15.2. The van der Waals surface area contributed by atoms with Crippen molar-refractivity contribution in [2.24, 2.45) is 29.6 Å². The number of carbonyl (C=O) groups is 4. The summed E-state index contributed by atoms with van der Waals surface area (Å²) >= 11 is 0. The summed E-state index contributed by atoms with van der Waals surface area (Å²) in [5, 5.41) is 2.73. The summed E-state index contributed by atoms with van der Waals surface area (Å²) < 4.78 is 0. The number of hydrogen-bond donors (Lipinski definition) is 1. The van der Waals surface area contributed by atoms with Crippen molar-refractivity contribution in [2.75, 3.05) is 38.0 Å². The van der Waals surface area contributed by atoms with Crippen LogP contribution in [0.1, 0.15) is 106 Å². The fourth-order valence-corrected chi connectivity index (χ4v) is 6.63. The van der Waals surface area contributed by atoms with E-state index in [-0.39, 0.29) is 23.6 Å². The van der Waals surface area contributed by atoms with Crippen LogP contribution in [-0.2, 0) is 19.2 Å². The minimum atomic E-state index is -0.175. The molecule has 0 aliphatic carbocycles. The molecule has 3 atom stereocenters. The molecule has 3 heterocycles. The molecule has 4 amide bonds. The smallest absolute Gasteiger partial charge is 0.298 e. The number of nitrogens with zero attached hydrogens (tertiary/aromatic N) is 3. The number of anilines is 1. The van der Waals surface area contributed by atoms with Crippen LogP contribution in [0.3, 0.4) is 0 Å². The average molecular weight is 717 g/mol. The summed E-state index contributed by atoms with van der Waals surface area (Å²) in [6.45, 7) is 34.1. The van der Waals surface area contributed by atoms with E-state index in [0.29, 0.717) is 41.5 Å². The van der Waals surface area contributed by atoms with Crippen LogP contribution in [0.25, 0.3) is 0 Å². The van der Waals surface area contributed by atoms with Crippen LogP contribution in [-0.4, -0.2) is 77.1 Å². The zero-order valence-corrected chi connectivity index (χ0v) is 33.7. The minimum absolute atomic E-state index is 0.00120. The first-order chi connectivity index (χ1) is 24.6. The Bertz CT molecular complexity index is 1390. The third-order valence-electron chi connectivity index (χ3n) is 10.1. The molecular weight excluding hydrogens is 649 g/mol. The Labute approximate surface area is 316 Å². The molecule has 3 fully saturated rings. The van der Waals surface area contributed by atoms with Gasteiger partial charge in [-0.25, -0.2) is 0 Å². The van der Waals surface area contributed by atoms with Crippen molar-refractivity contribution < 1.29 is 19.2 Å². The van der Waals surface area contributed by atoms with E-state index in [1.165, 1.54) is 30.2 Å². The molecule has 52 heavy (non-hydrogen) atoms. The topological polar surface area (TPSA) is 90.0 Å². The van der Waals surface area contributed by atoms with E-state index in [4.69, 9.17) is 0 Å². The normalized spacial score (nSPS) is 19.2. The number of rotatable bonds is 8. The molecule has 0 bridgehead atoms. The van der Waals surface area contributed by atoms with Crippen molar-refractivity contribution in [3.63, 3.8) is 0 Å². The molecule has 3 aliphatic rings. The third kappa shape index (κ3) is 16.0. The monoisotopic (exact) mass is 717 g/mol. The van der Waals surface area contributed by atoms with E-state index in [9.17, 15) is 19.2 Å². The van der Waals surface area contributed by atoms with Gasteiger partial charge in [-0.3, -0.25) is 19.2 Å². The predicted molar refractivity (Wildman–Crippen MR) is 216 cm³/mol. The first kappa shape index (κ1) is 45.9. The van der Waals surface area contributed by atoms with Crippen LogP contribution < -0.4 is 5.32 Å². The lowest BCUT2D eigenvalue weighted by atomic mass is 9.88. The molecule has 8 nitrogen and oxygen atoms in total. The highest BCUT2D eigenvalue weighted by atomic mass is 16.2. The van der Waals surface area contributed by atoms with Crippen LogP contribution >= 0.6 is 0 Å². The van der Waals surface area contributed by atoms with E-state index < -0.39 is 0 Å². The lowest BCUT2D eigenvalue weighted by molar-refractivity contribution is -0.128. The van der Waals surface area contributed by atoms with Gasteiger partial charge in [0.15, 0.2) is 0 Å². The first-order valence-corrected chi connectivity index (χ1v) is 19.2. The van der Waals surface area contributed by atoms with Gasteiger partial charge in [0.25, 0.3) is 5.91 Å². The fraction of sp³-hybridized carbons (Fsp3) is 0.591. The Hall–Kier alpha value is -4.12. The second kappa shape index (κ2) is 24.2. The van der Waals surface area contributed by atoms with Gasteiger partial charge >= 0.3 is 0 Å². The van der Waals surface area contributed by atoms with Gasteiger partial charge in [0.2, 0.25) is 17.7 Å². The van der Waals surface area contributed by atoms with Crippen molar-refractivity contribution in [3.8, 4) is 11.8 Å². The molecule has 3 saturated heterocycles. The number of carbonyl (C=O) groups excluding carboxylic acids is 4. The van der Waals surface area contributed by atoms with E-state index in [1.807, 2.05) is 39.0 Å². The van der Waals surface area contributed by atoms with Gasteiger partial charge in [0, 0.05) is 44.5 Å². The zero-order chi connectivity index (χ0) is 39.4. The number of piperidine rings is 1. The Morgan fingerprint density at radius 1 is 0.750 bits per heavy atom. The van der Waals surface area contributed by atoms with Gasteiger partial charge in [-0.1, -0.05) is 93.2 Å². The average Bonchev–Trinajstić information content (AvgIpc) is 3.84. The molecule has 8 heteroatoms. The summed E-state index contributed by atoms with van der Waals surface area (Å²) in [5.41, 5.74) is 2.04. The SMILES string of the molecule is C=CC(=O)N1CCC(C(C)C)C1.C=CC(=O)N1CCCC(C(C)C)C1.C=CC(=O)Nc1cccc(C(C)C)c1.CC#CC(=O)N1CCCC1C(C)C. The van der Waals surface area contributed by atoms with E-state index in [1.54, 1.807) is 6.92 Å². The summed E-state index contributed by atoms with van der Waals surface area (Å²) in [4.78, 5) is 50.8. The number of hydrogen-bond acceptors (Lipinski definition) is 4. The lowest BCUT2D eigenvalue weighted by Crippen LogP contribution is -2.40. The molecule has 0 saturated carbocycles. The molecule has 1 aromatic rings. The molecule has 4 rings (SSSR count). The number of amides is 4. The quantitative estimate of drug-likeness (QED) is 0.217. The second-order valence-corrected chi connectivity index (χ2v) is 15.2. The minimum Gasteiger partial charge on any atom is -0.339 e. The highest BCUT2D eigenvalue weighted by Crippen LogP contribution is 2.25. The molecule has 3 unspecified atom stereocenters. The van der Waals surface area contributed by atoms with Crippen LogP contribution in [0.5, 0.6) is 0 Å². The highest BCUT2D eigenvalue weighted by Gasteiger charge is 2.30. The lowest BCUT2D eigenvalue weighted by Gasteiger charge is -2.34. The molecule has 0 spiro atoms. The van der Waals surface area contributed by atoms with Crippen molar-refractivity contribution in [1.82, 2.24) is 14.7 Å². The van der Waals surface area contributed by atoms with Crippen LogP contribution in [0.15, 0.2) is 62.2 Å². The fourth-order valence-electron chi connectivity index (χ4n) is 6.63. The molecule has 1 N–H and O–H groups in total. The van der Waals surface area contributed by atoms with Crippen molar-refractivity contribution in [3.05, 3.63) is 67.8 Å². The van der Waals surface area contributed by atoms with Gasteiger partial charge in [-0.15, -0.1) is 0 Å². The maximum atomic E-state index is 11.5. The Morgan fingerprint density at radius 3 is 1.79 bits per heavy atom.